The Bertz CT molecular complexity index is 499. The molecule has 0 radical (unpaired) electrons. The third kappa shape index (κ3) is 3.26. The molecule has 0 aromatic heterocycles. The zero-order chi connectivity index (χ0) is 14.2. The first-order valence-electron chi connectivity index (χ1n) is 6.25. The molecule has 5 heteroatoms. The van der Waals surface area contributed by atoms with Gasteiger partial charge in [-0.15, -0.1) is 0 Å². The van der Waals surface area contributed by atoms with E-state index in [1.165, 1.54) is 0 Å². The van der Waals surface area contributed by atoms with Gasteiger partial charge in [0.15, 0.2) is 0 Å². The molecule has 2 nitrogen and oxygen atoms in total. The smallest absolute Gasteiger partial charge is 0.239 e. The zero-order valence-electron chi connectivity index (χ0n) is 10.9. The number of benzene rings is 1. The van der Waals surface area contributed by atoms with Crippen LogP contribution in [0.25, 0.3) is 0 Å². The number of likely N-dealkylation sites (tertiary alicyclic amines) is 1. The minimum absolute atomic E-state index is 0.0964. The molecule has 19 heavy (non-hydrogen) atoms. The average molecular weight is 365 g/mol. The third-order valence-electron chi connectivity index (χ3n) is 3.35. The van der Waals surface area contributed by atoms with Crippen LogP contribution in [0.15, 0.2) is 18.2 Å². The number of hydrogen-bond donors (Lipinski definition) is 0. The van der Waals surface area contributed by atoms with Crippen molar-refractivity contribution in [2.24, 2.45) is 0 Å². The van der Waals surface area contributed by atoms with Crippen molar-refractivity contribution >= 4 is 45.0 Å². The van der Waals surface area contributed by atoms with Crippen LogP contribution in [0.2, 0.25) is 10.0 Å². The summed E-state index contributed by atoms with van der Waals surface area (Å²) in [5.41, 5.74) is 1.05. The van der Waals surface area contributed by atoms with Crippen molar-refractivity contribution in [1.82, 2.24) is 4.90 Å². The Balaban J connectivity index is 2.28. The summed E-state index contributed by atoms with van der Waals surface area (Å²) in [6.45, 7) is 4.54. The van der Waals surface area contributed by atoms with E-state index >= 15 is 0 Å². The van der Waals surface area contributed by atoms with Gasteiger partial charge in [-0.05, 0) is 44.4 Å². The van der Waals surface area contributed by atoms with Gasteiger partial charge in [-0.25, -0.2) is 0 Å². The summed E-state index contributed by atoms with van der Waals surface area (Å²) in [4.78, 5) is 14.3. The van der Waals surface area contributed by atoms with Gasteiger partial charge in [0, 0.05) is 6.54 Å². The molecule has 1 aromatic rings. The van der Waals surface area contributed by atoms with Crippen molar-refractivity contribution < 1.29 is 4.79 Å². The van der Waals surface area contributed by atoms with Crippen LogP contribution in [0.5, 0.6) is 0 Å². The van der Waals surface area contributed by atoms with Crippen LogP contribution in [0.4, 0.5) is 0 Å². The number of nitrogens with zero attached hydrogens (tertiary/aromatic N) is 1. The van der Waals surface area contributed by atoms with E-state index in [0.29, 0.717) is 10.0 Å². The number of alkyl halides is 1. The highest BCUT2D eigenvalue weighted by Crippen LogP contribution is 2.37. The number of carbonyl (C=O) groups is 1. The Kier molecular flexibility index (Phi) is 4.49. The highest BCUT2D eigenvalue weighted by molar-refractivity contribution is 9.10. The summed E-state index contributed by atoms with van der Waals surface area (Å²) in [6.07, 6.45) is 1.98. The molecule has 1 heterocycles. The Morgan fingerprint density at radius 3 is 2.63 bits per heavy atom. The van der Waals surface area contributed by atoms with Gasteiger partial charge in [-0.2, -0.15) is 0 Å². The SMILES string of the molecule is CC(C)(Br)C(=O)N1CCCC1c1ccc(Cl)c(Cl)c1. The Hall–Kier alpha value is -0.250. The van der Waals surface area contributed by atoms with E-state index in [1.54, 1.807) is 6.07 Å². The maximum atomic E-state index is 12.4. The summed E-state index contributed by atoms with van der Waals surface area (Å²) >= 11 is 15.4. The topological polar surface area (TPSA) is 20.3 Å². The van der Waals surface area contributed by atoms with E-state index in [4.69, 9.17) is 23.2 Å². The number of carbonyl (C=O) groups excluding carboxylic acids is 1. The Morgan fingerprint density at radius 1 is 1.37 bits per heavy atom. The van der Waals surface area contributed by atoms with Crippen LogP contribution in [0.1, 0.15) is 38.3 Å². The first-order valence-corrected chi connectivity index (χ1v) is 7.80. The average Bonchev–Trinajstić information content (AvgIpc) is 2.79. The standard InChI is InChI=1S/C14H16BrCl2NO/c1-14(2,15)13(19)18-7-3-4-12(18)9-5-6-10(16)11(17)8-9/h5-6,8,12H,3-4,7H2,1-2H3. The lowest BCUT2D eigenvalue weighted by Crippen LogP contribution is -2.41. The maximum Gasteiger partial charge on any atom is 0.239 e. The van der Waals surface area contributed by atoms with Gasteiger partial charge in [-0.1, -0.05) is 45.2 Å². The minimum atomic E-state index is -0.536. The van der Waals surface area contributed by atoms with Gasteiger partial charge in [0.1, 0.15) is 0 Å². The summed E-state index contributed by atoms with van der Waals surface area (Å²) in [7, 11) is 0. The van der Waals surface area contributed by atoms with E-state index in [2.05, 4.69) is 15.9 Å². The molecule has 0 saturated carbocycles. The summed E-state index contributed by atoms with van der Waals surface area (Å²) < 4.78 is -0.536. The third-order valence-corrected chi connectivity index (χ3v) is 4.43. The van der Waals surface area contributed by atoms with Crippen molar-refractivity contribution in [2.75, 3.05) is 6.54 Å². The molecule has 1 aliphatic rings. The molecule has 1 saturated heterocycles. The monoisotopic (exact) mass is 363 g/mol. The predicted octanol–water partition coefficient (Wildman–Crippen LogP) is 4.83. The van der Waals surface area contributed by atoms with E-state index in [0.717, 1.165) is 24.9 Å². The molecule has 104 valence electrons. The molecular formula is C14H16BrCl2NO. The van der Waals surface area contributed by atoms with E-state index in [-0.39, 0.29) is 11.9 Å². The number of hydrogen-bond acceptors (Lipinski definition) is 1. The molecule has 0 spiro atoms. The van der Waals surface area contributed by atoms with Gasteiger partial charge >= 0.3 is 0 Å². The Morgan fingerprint density at radius 2 is 2.05 bits per heavy atom. The quantitative estimate of drug-likeness (QED) is 0.688. The fourth-order valence-corrected chi connectivity index (χ4v) is 2.95. The maximum absolute atomic E-state index is 12.4. The molecule has 0 aliphatic carbocycles. The molecule has 0 bridgehead atoms. The predicted molar refractivity (Wildman–Crippen MR) is 83.2 cm³/mol. The van der Waals surface area contributed by atoms with Crippen LogP contribution in [-0.2, 0) is 4.79 Å². The zero-order valence-corrected chi connectivity index (χ0v) is 14.0. The highest BCUT2D eigenvalue weighted by atomic mass is 79.9. The van der Waals surface area contributed by atoms with Gasteiger partial charge < -0.3 is 4.90 Å². The second-order valence-electron chi connectivity index (χ2n) is 5.30. The minimum Gasteiger partial charge on any atom is -0.334 e. The van der Waals surface area contributed by atoms with Gasteiger partial charge in [0.25, 0.3) is 0 Å². The van der Waals surface area contributed by atoms with Crippen molar-refractivity contribution in [2.45, 2.75) is 37.1 Å². The van der Waals surface area contributed by atoms with Crippen molar-refractivity contribution in [3.63, 3.8) is 0 Å². The lowest BCUT2D eigenvalue weighted by Gasteiger charge is -2.30. The molecule has 1 atom stereocenters. The van der Waals surface area contributed by atoms with Crippen molar-refractivity contribution in [1.29, 1.82) is 0 Å². The molecule has 1 unspecified atom stereocenters. The van der Waals surface area contributed by atoms with Gasteiger partial charge in [-0.3, -0.25) is 4.79 Å². The van der Waals surface area contributed by atoms with E-state index in [1.807, 2.05) is 30.9 Å². The molecule has 0 N–H and O–H groups in total. The molecule has 1 amide bonds. The number of halogens is 3. The number of rotatable bonds is 2. The molecule has 1 aliphatic heterocycles. The lowest BCUT2D eigenvalue weighted by atomic mass is 10.0. The molecule has 2 rings (SSSR count). The summed E-state index contributed by atoms with van der Waals surface area (Å²) in [5.74, 6) is 0.112. The highest BCUT2D eigenvalue weighted by Gasteiger charge is 2.36. The second-order valence-corrected chi connectivity index (χ2v) is 8.10. The van der Waals surface area contributed by atoms with Crippen LogP contribution in [0, 0.1) is 0 Å². The van der Waals surface area contributed by atoms with Gasteiger partial charge in [0.05, 0.1) is 20.4 Å². The molecule has 1 aromatic carbocycles. The normalized spacial score (nSPS) is 19.8. The van der Waals surface area contributed by atoms with Crippen LogP contribution >= 0.6 is 39.1 Å². The van der Waals surface area contributed by atoms with E-state index < -0.39 is 4.32 Å². The van der Waals surface area contributed by atoms with Gasteiger partial charge in [0.2, 0.25) is 5.91 Å². The summed E-state index contributed by atoms with van der Waals surface area (Å²) in [6, 6.07) is 5.70. The fraction of sp³-hybridized carbons (Fsp3) is 0.500. The van der Waals surface area contributed by atoms with Crippen molar-refractivity contribution in [3.05, 3.63) is 33.8 Å². The van der Waals surface area contributed by atoms with Crippen molar-refractivity contribution in [3.8, 4) is 0 Å². The number of amides is 1. The van der Waals surface area contributed by atoms with Crippen LogP contribution in [-0.4, -0.2) is 21.7 Å². The summed E-state index contributed by atoms with van der Waals surface area (Å²) in [5, 5.41) is 1.08. The van der Waals surface area contributed by atoms with Crippen LogP contribution < -0.4 is 0 Å². The Labute approximate surface area is 132 Å². The fourth-order valence-electron chi connectivity index (χ4n) is 2.42. The molecule has 1 fully saturated rings. The first-order chi connectivity index (χ1) is 8.80. The lowest BCUT2D eigenvalue weighted by molar-refractivity contribution is -0.133. The van der Waals surface area contributed by atoms with E-state index in [9.17, 15) is 4.79 Å². The largest absolute Gasteiger partial charge is 0.334 e. The molecular weight excluding hydrogens is 349 g/mol. The van der Waals surface area contributed by atoms with Crippen LogP contribution in [0.3, 0.4) is 0 Å². The first kappa shape index (κ1) is 15.1. The second kappa shape index (κ2) is 5.63.